The molecule has 4 rings (SSSR count). The molecule has 0 saturated heterocycles. The summed E-state index contributed by atoms with van der Waals surface area (Å²) in [5.41, 5.74) is 2.22. The van der Waals surface area contributed by atoms with Crippen LogP contribution in [0.1, 0.15) is 36.6 Å². The van der Waals surface area contributed by atoms with E-state index in [1.54, 1.807) is 13.0 Å². The van der Waals surface area contributed by atoms with Gasteiger partial charge in [-0.25, -0.2) is 14.1 Å². The third-order valence-corrected chi connectivity index (χ3v) is 5.15. The first kappa shape index (κ1) is 13.6. The Hall–Kier alpha value is -2.02. The summed E-state index contributed by atoms with van der Waals surface area (Å²) in [5.74, 6) is -0.215. The van der Waals surface area contributed by atoms with E-state index >= 15 is 0 Å². The van der Waals surface area contributed by atoms with Gasteiger partial charge in [0, 0.05) is 5.56 Å². The van der Waals surface area contributed by atoms with Crippen LogP contribution >= 0.6 is 11.3 Å². The molecule has 1 N–H and O–H groups in total. The molecule has 0 radical (unpaired) electrons. The number of benzene rings is 1. The first-order valence-electron chi connectivity index (χ1n) is 7.41. The van der Waals surface area contributed by atoms with Gasteiger partial charge in [0.25, 0.3) is 0 Å². The lowest BCUT2D eigenvalue weighted by Crippen LogP contribution is -2.17. The van der Waals surface area contributed by atoms with E-state index in [0.717, 1.165) is 21.0 Å². The second-order valence-corrected chi connectivity index (χ2v) is 6.70. The van der Waals surface area contributed by atoms with Crippen LogP contribution in [0.2, 0.25) is 0 Å². The second-order valence-electron chi connectivity index (χ2n) is 5.67. The van der Waals surface area contributed by atoms with Crippen molar-refractivity contribution in [2.24, 2.45) is 0 Å². The van der Waals surface area contributed by atoms with Crippen molar-refractivity contribution >= 4 is 26.7 Å². The van der Waals surface area contributed by atoms with Crippen LogP contribution in [0.3, 0.4) is 0 Å². The smallest absolute Gasteiger partial charge is 0.184 e. The van der Waals surface area contributed by atoms with Crippen molar-refractivity contribution in [3.63, 3.8) is 0 Å². The summed E-state index contributed by atoms with van der Waals surface area (Å²) < 4.78 is 16.5. The van der Waals surface area contributed by atoms with E-state index in [4.69, 9.17) is 0 Å². The summed E-state index contributed by atoms with van der Waals surface area (Å²) in [6, 6.07) is 3.78. The second kappa shape index (κ2) is 5.31. The molecule has 0 bridgehead atoms. The van der Waals surface area contributed by atoms with E-state index in [9.17, 15) is 4.39 Å². The summed E-state index contributed by atoms with van der Waals surface area (Å²) in [7, 11) is 0. The molecule has 22 heavy (non-hydrogen) atoms. The average molecular weight is 317 g/mol. The number of thiazole rings is 1. The van der Waals surface area contributed by atoms with E-state index in [2.05, 4.69) is 20.6 Å². The van der Waals surface area contributed by atoms with E-state index in [0.29, 0.717) is 18.2 Å². The standard InChI is InChI=1S/C15H16FN5S/c1-9-12(16)5-6-13-14(9)18-15(22-13)17-7-10-8-21(20-19-10)11-3-2-4-11/h5-6,8,11H,2-4,7H2,1H3,(H,17,18). The Morgan fingerprint density at radius 2 is 2.27 bits per heavy atom. The Bertz CT molecular complexity index is 821. The van der Waals surface area contributed by atoms with Crippen molar-refractivity contribution in [1.82, 2.24) is 20.0 Å². The number of anilines is 1. The number of hydrogen-bond donors (Lipinski definition) is 1. The van der Waals surface area contributed by atoms with Crippen molar-refractivity contribution in [2.75, 3.05) is 5.32 Å². The lowest BCUT2D eigenvalue weighted by Gasteiger charge is -2.24. The Kier molecular flexibility index (Phi) is 3.29. The number of rotatable bonds is 4. The van der Waals surface area contributed by atoms with Gasteiger partial charge >= 0.3 is 0 Å². The molecule has 0 spiro atoms. The Labute approximate surface area is 131 Å². The number of aryl methyl sites for hydroxylation is 1. The van der Waals surface area contributed by atoms with Crippen molar-refractivity contribution in [3.05, 3.63) is 35.4 Å². The van der Waals surface area contributed by atoms with Gasteiger partial charge in [0.1, 0.15) is 11.5 Å². The first-order chi connectivity index (χ1) is 10.7. The molecule has 5 nitrogen and oxygen atoms in total. The molecule has 3 aromatic rings. The summed E-state index contributed by atoms with van der Waals surface area (Å²) in [6.07, 6.45) is 5.66. The Balaban J connectivity index is 1.49. The molecule has 114 valence electrons. The Morgan fingerprint density at radius 1 is 1.41 bits per heavy atom. The van der Waals surface area contributed by atoms with Gasteiger partial charge in [-0.15, -0.1) is 5.10 Å². The van der Waals surface area contributed by atoms with Crippen LogP contribution in [-0.2, 0) is 6.54 Å². The molecule has 1 aromatic carbocycles. The average Bonchev–Trinajstić information content (AvgIpc) is 3.06. The summed E-state index contributed by atoms with van der Waals surface area (Å²) in [4.78, 5) is 4.47. The van der Waals surface area contributed by atoms with Crippen LogP contribution in [0.15, 0.2) is 18.3 Å². The number of halogens is 1. The molecule has 1 aliphatic carbocycles. The lowest BCUT2D eigenvalue weighted by atomic mass is 9.93. The molecule has 0 unspecified atom stereocenters. The highest BCUT2D eigenvalue weighted by Crippen LogP contribution is 2.31. The molecule has 0 aliphatic heterocycles. The zero-order valence-electron chi connectivity index (χ0n) is 12.2. The fraction of sp³-hybridized carbons (Fsp3) is 0.400. The molecule has 2 heterocycles. The highest BCUT2D eigenvalue weighted by molar-refractivity contribution is 7.22. The van der Waals surface area contributed by atoms with Gasteiger partial charge < -0.3 is 5.32 Å². The third-order valence-electron chi connectivity index (χ3n) is 4.18. The first-order valence-corrected chi connectivity index (χ1v) is 8.22. The molecule has 2 aromatic heterocycles. The lowest BCUT2D eigenvalue weighted by molar-refractivity contribution is 0.284. The fourth-order valence-corrected chi connectivity index (χ4v) is 3.49. The molecule has 1 fully saturated rings. The Morgan fingerprint density at radius 3 is 3.05 bits per heavy atom. The van der Waals surface area contributed by atoms with Gasteiger partial charge in [-0.3, -0.25) is 0 Å². The highest BCUT2D eigenvalue weighted by Gasteiger charge is 2.20. The van der Waals surface area contributed by atoms with Crippen molar-refractivity contribution in [3.8, 4) is 0 Å². The van der Waals surface area contributed by atoms with Gasteiger partial charge in [0.15, 0.2) is 5.13 Å². The minimum absolute atomic E-state index is 0.215. The van der Waals surface area contributed by atoms with Gasteiger partial charge in [0.05, 0.1) is 29.0 Å². The van der Waals surface area contributed by atoms with Crippen LogP contribution in [0.25, 0.3) is 10.2 Å². The molecular formula is C15H16FN5S. The molecule has 7 heteroatoms. The maximum absolute atomic E-state index is 13.5. The maximum Gasteiger partial charge on any atom is 0.184 e. The highest BCUT2D eigenvalue weighted by atomic mass is 32.1. The number of hydrogen-bond acceptors (Lipinski definition) is 5. The van der Waals surface area contributed by atoms with E-state index in [1.165, 1.54) is 36.7 Å². The molecule has 0 amide bonds. The van der Waals surface area contributed by atoms with E-state index in [-0.39, 0.29) is 5.82 Å². The van der Waals surface area contributed by atoms with Gasteiger partial charge in [-0.1, -0.05) is 16.6 Å². The van der Waals surface area contributed by atoms with Crippen molar-refractivity contribution < 1.29 is 4.39 Å². The predicted octanol–water partition coefficient (Wildman–Crippen LogP) is 3.67. The third kappa shape index (κ3) is 2.35. The number of fused-ring (bicyclic) bond motifs is 1. The van der Waals surface area contributed by atoms with Crippen molar-refractivity contribution in [1.29, 1.82) is 0 Å². The van der Waals surface area contributed by atoms with Gasteiger partial charge in [-0.05, 0) is 38.3 Å². The number of nitrogens with one attached hydrogen (secondary N) is 1. The number of aromatic nitrogens is 4. The van der Waals surface area contributed by atoms with E-state index < -0.39 is 0 Å². The minimum Gasteiger partial charge on any atom is -0.356 e. The summed E-state index contributed by atoms with van der Waals surface area (Å²) >= 11 is 1.52. The van der Waals surface area contributed by atoms with Gasteiger partial charge in [0.2, 0.25) is 0 Å². The fourth-order valence-electron chi connectivity index (χ4n) is 2.57. The zero-order valence-corrected chi connectivity index (χ0v) is 13.0. The van der Waals surface area contributed by atoms with Crippen LogP contribution in [0, 0.1) is 12.7 Å². The quantitative estimate of drug-likeness (QED) is 0.797. The number of nitrogens with zero attached hydrogens (tertiary/aromatic N) is 4. The SMILES string of the molecule is Cc1c(F)ccc2sc(NCc3cn(C4CCC4)nn3)nc12. The predicted molar refractivity (Wildman–Crippen MR) is 84.6 cm³/mol. The molecule has 0 atom stereocenters. The molecular weight excluding hydrogens is 301 g/mol. The van der Waals surface area contributed by atoms with Crippen LogP contribution in [-0.4, -0.2) is 20.0 Å². The van der Waals surface area contributed by atoms with E-state index in [1.807, 2.05) is 10.9 Å². The summed E-state index contributed by atoms with van der Waals surface area (Å²) in [6.45, 7) is 2.33. The topological polar surface area (TPSA) is 55.6 Å². The van der Waals surface area contributed by atoms with Crippen LogP contribution in [0.4, 0.5) is 9.52 Å². The maximum atomic E-state index is 13.5. The monoisotopic (exact) mass is 317 g/mol. The van der Waals surface area contributed by atoms with Crippen molar-refractivity contribution in [2.45, 2.75) is 38.8 Å². The summed E-state index contributed by atoms with van der Waals surface area (Å²) in [5, 5.41) is 12.4. The molecule has 1 saturated carbocycles. The molecule has 1 aliphatic rings. The largest absolute Gasteiger partial charge is 0.356 e. The van der Waals surface area contributed by atoms with Gasteiger partial charge in [-0.2, -0.15) is 0 Å². The van der Waals surface area contributed by atoms with Crippen LogP contribution < -0.4 is 5.32 Å². The van der Waals surface area contributed by atoms with Crippen LogP contribution in [0.5, 0.6) is 0 Å². The minimum atomic E-state index is -0.215. The normalized spacial score (nSPS) is 15.2. The zero-order chi connectivity index (χ0) is 15.1.